The second-order valence-corrected chi connectivity index (χ2v) is 5.75. The molecular formula is C14H29NO. The summed E-state index contributed by atoms with van der Waals surface area (Å²) >= 11 is 0. The molecule has 1 fully saturated rings. The van der Waals surface area contributed by atoms with Gasteiger partial charge in [0.1, 0.15) is 0 Å². The van der Waals surface area contributed by atoms with Crippen LogP contribution >= 0.6 is 0 Å². The fourth-order valence-electron chi connectivity index (χ4n) is 2.66. The van der Waals surface area contributed by atoms with Crippen molar-refractivity contribution in [3.05, 3.63) is 0 Å². The van der Waals surface area contributed by atoms with E-state index in [1.807, 2.05) is 0 Å². The summed E-state index contributed by atoms with van der Waals surface area (Å²) in [6.45, 7) is 9.07. The van der Waals surface area contributed by atoms with E-state index in [9.17, 15) is 0 Å². The zero-order valence-corrected chi connectivity index (χ0v) is 11.6. The Morgan fingerprint density at radius 2 is 1.56 bits per heavy atom. The van der Waals surface area contributed by atoms with Crippen LogP contribution in [0, 0.1) is 11.8 Å². The van der Waals surface area contributed by atoms with E-state index in [0.717, 1.165) is 11.8 Å². The van der Waals surface area contributed by atoms with Gasteiger partial charge in [0.05, 0.1) is 6.10 Å². The zero-order valence-electron chi connectivity index (χ0n) is 11.6. The Morgan fingerprint density at radius 3 is 2.00 bits per heavy atom. The first-order valence-corrected chi connectivity index (χ1v) is 6.83. The summed E-state index contributed by atoms with van der Waals surface area (Å²) in [5.74, 6) is 1.81. The molecule has 0 amide bonds. The lowest BCUT2D eigenvalue weighted by Gasteiger charge is -2.34. The molecule has 1 rings (SSSR count). The summed E-state index contributed by atoms with van der Waals surface area (Å²) in [6.07, 6.45) is 5.77. The number of ether oxygens (including phenoxy) is 1. The average Bonchev–Trinajstić information content (AvgIpc) is 2.28. The van der Waals surface area contributed by atoms with Crippen LogP contribution in [-0.4, -0.2) is 25.3 Å². The Morgan fingerprint density at radius 1 is 1.00 bits per heavy atom. The van der Waals surface area contributed by atoms with Crippen LogP contribution in [-0.2, 0) is 4.74 Å². The van der Waals surface area contributed by atoms with E-state index < -0.39 is 0 Å². The van der Waals surface area contributed by atoms with E-state index in [4.69, 9.17) is 4.74 Å². The minimum atomic E-state index is 0.308. The number of hydrogen-bond acceptors (Lipinski definition) is 2. The predicted octanol–water partition coefficient (Wildman–Crippen LogP) is 3.21. The van der Waals surface area contributed by atoms with Crippen LogP contribution in [0.1, 0.15) is 53.4 Å². The van der Waals surface area contributed by atoms with Crippen LogP contribution < -0.4 is 5.32 Å². The maximum absolute atomic E-state index is 5.35. The molecule has 2 nitrogen and oxygen atoms in total. The van der Waals surface area contributed by atoms with Gasteiger partial charge in [0.2, 0.25) is 0 Å². The van der Waals surface area contributed by atoms with Crippen molar-refractivity contribution in [1.29, 1.82) is 0 Å². The van der Waals surface area contributed by atoms with Crippen LogP contribution in [0.5, 0.6) is 0 Å². The second kappa shape index (κ2) is 6.61. The van der Waals surface area contributed by atoms with Gasteiger partial charge in [0, 0.05) is 19.2 Å². The molecule has 16 heavy (non-hydrogen) atoms. The largest absolute Gasteiger partial charge is 0.380 e. The van der Waals surface area contributed by atoms with Crippen LogP contribution in [0.2, 0.25) is 0 Å². The van der Waals surface area contributed by atoms with E-state index in [2.05, 4.69) is 33.0 Å². The highest BCUT2D eigenvalue weighted by Gasteiger charge is 2.24. The first-order valence-electron chi connectivity index (χ1n) is 6.83. The minimum absolute atomic E-state index is 0.308. The van der Waals surface area contributed by atoms with Crippen LogP contribution in [0.15, 0.2) is 0 Å². The molecule has 0 aliphatic heterocycles. The second-order valence-electron chi connectivity index (χ2n) is 5.75. The lowest BCUT2D eigenvalue weighted by atomic mass is 9.79. The van der Waals surface area contributed by atoms with Gasteiger partial charge >= 0.3 is 0 Å². The molecule has 0 aromatic carbocycles. The number of methoxy groups -OCH3 is 1. The van der Waals surface area contributed by atoms with Crippen molar-refractivity contribution in [2.24, 2.45) is 11.8 Å². The molecule has 1 saturated carbocycles. The van der Waals surface area contributed by atoms with Gasteiger partial charge in [-0.1, -0.05) is 13.8 Å². The summed E-state index contributed by atoms with van der Waals surface area (Å²) in [6, 6.07) is 1.17. The molecule has 96 valence electrons. The van der Waals surface area contributed by atoms with Crippen molar-refractivity contribution < 1.29 is 4.74 Å². The third-order valence-corrected chi connectivity index (χ3v) is 4.29. The quantitative estimate of drug-likeness (QED) is 0.778. The molecule has 1 N–H and O–H groups in total. The lowest BCUT2D eigenvalue weighted by Crippen LogP contribution is -2.44. The fraction of sp³-hybridized carbons (Fsp3) is 1.00. The summed E-state index contributed by atoms with van der Waals surface area (Å²) in [4.78, 5) is 0. The molecule has 0 radical (unpaired) electrons. The molecule has 0 bridgehead atoms. The zero-order chi connectivity index (χ0) is 12.1. The molecule has 1 aliphatic carbocycles. The maximum Gasteiger partial charge on any atom is 0.0693 e. The Kier molecular flexibility index (Phi) is 5.77. The molecule has 0 heterocycles. The smallest absolute Gasteiger partial charge is 0.0693 e. The third kappa shape index (κ3) is 4.06. The summed E-state index contributed by atoms with van der Waals surface area (Å²) in [7, 11) is 1.79. The van der Waals surface area contributed by atoms with E-state index in [-0.39, 0.29) is 0 Å². The molecule has 0 saturated heterocycles. The highest BCUT2D eigenvalue weighted by molar-refractivity contribution is 4.81. The van der Waals surface area contributed by atoms with Crippen molar-refractivity contribution in [3.8, 4) is 0 Å². The summed E-state index contributed by atoms with van der Waals surface area (Å²) < 4.78 is 5.35. The van der Waals surface area contributed by atoms with E-state index >= 15 is 0 Å². The monoisotopic (exact) mass is 227 g/mol. The van der Waals surface area contributed by atoms with Gasteiger partial charge in [-0.15, -0.1) is 0 Å². The van der Waals surface area contributed by atoms with Crippen molar-refractivity contribution in [2.75, 3.05) is 7.11 Å². The summed E-state index contributed by atoms with van der Waals surface area (Å²) in [5, 5.41) is 3.70. The molecular weight excluding hydrogens is 198 g/mol. The van der Waals surface area contributed by atoms with Gasteiger partial charge < -0.3 is 10.1 Å². The van der Waals surface area contributed by atoms with E-state index in [0.29, 0.717) is 18.2 Å². The van der Waals surface area contributed by atoms with Crippen LogP contribution in [0.25, 0.3) is 0 Å². The van der Waals surface area contributed by atoms with Gasteiger partial charge in [-0.2, -0.15) is 0 Å². The number of hydrogen-bond donors (Lipinski definition) is 1. The molecule has 0 aromatic rings. The lowest BCUT2D eigenvalue weighted by molar-refractivity contribution is 0.0797. The molecule has 0 aromatic heterocycles. The van der Waals surface area contributed by atoms with E-state index in [1.165, 1.54) is 25.7 Å². The van der Waals surface area contributed by atoms with Crippen molar-refractivity contribution >= 4 is 0 Å². The van der Waals surface area contributed by atoms with Gasteiger partial charge in [0.25, 0.3) is 0 Å². The standard InChI is InChI=1S/C14H29NO/c1-10(2)13-6-8-14(9-7-13)15-11(3)12(4)16-5/h10-15H,6-9H2,1-5H3. The highest BCUT2D eigenvalue weighted by atomic mass is 16.5. The topological polar surface area (TPSA) is 21.3 Å². The van der Waals surface area contributed by atoms with Crippen molar-refractivity contribution in [2.45, 2.75) is 71.6 Å². The highest BCUT2D eigenvalue weighted by Crippen LogP contribution is 2.30. The van der Waals surface area contributed by atoms with E-state index in [1.54, 1.807) is 7.11 Å². The first kappa shape index (κ1) is 14.0. The maximum atomic E-state index is 5.35. The van der Waals surface area contributed by atoms with Gasteiger partial charge in [-0.3, -0.25) is 0 Å². The van der Waals surface area contributed by atoms with Crippen molar-refractivity contribution in [3.63, 3.8) is 0 Å². The third-order valence-electron chi connectivity index (χ3n) is 4.29. The minimum Gasteiger partial charge on any atom is -0.380 e. The Bertz CT molecular complexity index is 185. The van der Waals surface area contributed by atoms with Gasteiger partial charge in [-0.05, 0) is 51.4 Å². The normalized spacial score (nSPS) is 30.4. The predicted molar refractivity (Wildman–Crippen MR) is 69.7 cm³/mol. The molecule has 2 unspecified atom stereocenters. The Labute approximate surface area is 101 Å². The van der Waals surface area contributed by atoms with Crippen molar-refractivity contribution in [1.82, 2.24) is 5.32 Å². The molecule has 2 atom stereocenters. The van der Waals surface area contributed by atoms with Crippen LogP contribution in [0.3, 0.4) is 0 Å². The average molecular weight is 227 g/mol. The fourth-order valence-corrected chi connectivity index (χ4v) is 2.66. The number of rotatable bonds is 5. The SMILES string of the molecule is COC(C)C(C)NC1CCC(C(C)C)CC1. The summed E-state index contributed by atoms with van der Waals surface area (Å²) in [5.41, 5.74) is 0. The Balaban J connectivity index is 2.26. The molecule has 1 aliphatic rings. The molecule has 0 spiro atoms. The van der Waals surface area contributed by atoms with Crippen LogP contribution in [0.4, 0.5) is 0 Å². The van der Waals surface area contributed by atoms with Gasteiger partial charge in [-0.25, -0.2) is 0 Å². The Hall–Kier alpha value is -0.0800. The number of nitrogens with one attached hydrogen (secondary N) is 1. The first-order chi connectivity index (χ1) is 7.54. The molecule has 2 heteroatoms. The van der Waals surface area contributed by atoms with Gasteiger partial charge in [0.15, 0.2) is 0 Å².